The average Bonchev–Trinajstić information content (AvgIpc) is 2.69. The van der Waals surface area contributed by atoms with Gasteiger partial charge >= 0.3 is 0 Å². The van der Waals surface area contributed by atoms with Gasteiger partial charge in [-0.1, -0.05) is 65.1 Å². The van der Waals surface area contributed by atoms with Crippen LogP contribution in [0.4, 0.5) is 5.69 Å². The molecule has 1 N–H and O–H groups in total. The standard InChI is InChI=1S/C21H14Cl3NO3/c22-14-6-8-18(16(10-14)21(27)13-4-2-1-3-5-13)25-20(26)12-28-19-9-7-15(23)11-17(19)24/h1-11H,12H2,(H,25,26). The summed E-state index contributed by atoms with van der Waals surface area (Å²) < 4.78 is 5.42. The van der Waals surface area contributed by atoms with Crippen LogP contribution in [0, 0.1) is 0 Å². The van der Waals surface area contributed by atoms with Crippen LogP contribution in [0.2, 0.25) is 15.1 Å². The summed E-state index contributed by atoms with van der Waals surface area (Å²) in [5.41, 5.74) is 1.12. The maximum absolute atomic E-state index is 12.8. The highest BCUT2D eigenvalue weighted by molar-refractivity contribution is 6.35. The number of ketones is 1. The molecular weight excluding hydrogens is 421 g/mol. The Hall–Kier alpha value is -2.53. The van der Waals surface area contributed by atoms with Gasteiger partial charge < -0.3 is 10.1 Å². The Kier molecular flexibility index (Phi) is 6.57. The molecule has 3 aromatic rings. The first-order valence-corrected chi connectivity index (χ1v) is 9.34. The minimum Gasteiger partial charge on any atom is -0.482 e. The lowest BCUT2D eigenvalue weighted by atomic mass is 10.0. The molecule has 0 aliphatic rings. The van der Waals surface area contributed by atoms with Crippen LogP contribution in [-0.2, 0) is 4.79 Å². The van der Waals surface area contributed by atoms with Crippen LogP contribution in [0.5, 0.6) is 5.75 Å². The summed E-state index contributed by atoms with van der Waals surface area (Å²) >= 11 is 17.9. The Balaban J connectivity index is 1.75. The fourth-order valence-corrected chi connectivity index (χ4v) is 3.12. The van der Waals surface area contributed by atoms with E-state index in [1.54, 1.807) is 48.5 Å². The third-order valence-electron chi connectivity index (χ3n) is 3.79. The van der Waals surface area contributed by atoms with Gasteiger partial charge in [-0.15, -0.1) is 0 Å². The zero-order valence-electron chi connectivity index (χ0n) is 14.4. The number of anilines is 1. The Bertz CT molecular complexity index is 1020. The molecule has 0 heterocycles. The fourth-order valence-electron chi connectivity index (χ4n) is 2.48. The van der Waals surface area contributed by atoms with Gasteiger partial charge in [0.25, 0.3) is 5.91 Å². The van der Waals surface area contributed by atoms with E-state index in [-0.39, 0.29) is 18.0 Å². The number of carbonyl (C=O) groups excluding carboxylic acids is 2. The van der Waals surface area contributed by atoms with E-state index < -0.39 is 5.91 Å². The molecule has 0 atom stereocenters. The summed E-state index contributed by atoms with van der Waals surface area (Å²) in [7, 11) is 0. The van der Waals surface area contributed by atoms with Crippen molar-refractivity contribution in [3.05, 3.63) is 92.9 Å². The third-order valence-corrected chi connectivity index (χ3v) is 4.55. The first kappa shape index (κ1) is 20.2. The molecule has 142 valence electrons. The molecule has 1 amide bonds. The van der Waals surface area contributed by atoms with Gasteiger partial charge in [-0.05, 0) is 36.4 Å². The number of benzene rings is 3. The smallest absolute Gasteiger partial charge is 0.262 e. The lowest BCUT2D eigenvalue weighted by Crippen LogP contribution is -2.21. The van der Waals surface area contributed by atoms with Crippen LogP contribution in [-0.4, -0.2) is 18.3 Å². The maximum Gasteiger partial charge on any atom is 0.262 e. The van der Waals surface area contributed by atoms with Crippen LogP contribution in [0.3, 0.4) is 0 Å². The summed E-state index contributed by atoms with van der Waals surface area (Å²) in [4.78, 5) is 25.1. The van der Waals surface area contributed by atoms with Gasteiger partial charge in [0.05, 0.1) is 10.7 Å². The number of hydrogen-bond acceptors (Lipinski definition) is 3. The molecule has 0 saturated heterocycles. The van der Waals surface area contributed by atoms with E-state index in [1.165, 1.54) is 12.1 Å². The van der Waals surface area contributed by atoms with Gasteiger partial charge in [-0.25, -0.2) is 0 Å². The number of ether oxygens (including phenoxy) is 1. The van der Waals surface area contributed by atoms with Crippen molar-refractivity contribution in [3.63, 3.8) is 0 Å². The van der Waals surface area contributed by atoms with Crippen LogP contribution >= 0.6 is 34.8 Å². The highest BCUT2D eigenvalue weighted by Crippen LogP contribution is 2.28. The SMILES string of the molecule is O=C(COc1ccc(Cl)cc1Cl)Nc1ccc(Cl)cc1C(=O)c1ccccc1. The van der Waals surface area contributed by atoms with Crippen molar-refractivity contribution < 1.29 is 14.3 Å². The van der Waals surface area contributed by atoms with E-state index in [0.717, 1.165) is 0 Å². The lowest BCUT2D eigenvalue weighted by Gasteiger charge is -2.12. The maximum atomic E-state index is 12.8. The molecule has 0 saturated carbocycles. The highest BCUT2D eigenvalue weighted by Gasteiger charge is 2.16. The second kappa shape index (κ2) is 9.11. The summed E-state index contributed by atoms with van der Waals surface area (Å²) in [6.45, 7) is -0.289. The predicted octanol–water partition coefficient (Wildman–Crippen LogP) is 5.90. The molecule has 0 fully saturated rings. The van der Waals surface area contributed by atoms with Gasteiger partial charge in [0.2, 0.25) is 0 Å². The van der Waals surface area contributed by atoms with Gasteiger partial charge in [0.1, 0.15) is 5.75 Å². The third kappa shape index (κ3) is 5.04. The van der Waals surface area contributed by atoms with Gasteiger partial charge in [0.15, 0.2) is 12.4 Å². The molecule has 3 rings (SSSR count). The lowest BCUT2D eigenvalue weighted by molar-refractivity contribution is -0.118. The summed E-state index contributed by atoms with van der Waals surface area (Å²) in [6.07, 6.45) is 0. The zero-order chi connectivity index (χ0) is 20.1. The van der Waals surface area contributed by atoms with Crippen LogP contribution in [0.25, 0.3) is 0 Å². The Morgan fingerprint density at radius 1 is 0.857 bits per heavy atom. The summed E-state index contributed by atoms with van der Waals surface area (Å²) in [5.74, 6) is -0.367. The molecule has 4 nitrogen and oxygen atoms in total. The zero-order valence-corrected chi connectivity index (χ0v) is 16.7. The van der Waals surface area contributed by atoms with Crippen LogP contribution in [0.1, 0.15) is 15.9 Å². The molecule has 0 radical (unpaired) electrons. The minimum atomic E-state index is -0.449. The molecule has 0 bridgehead atoms. The van der Waals surface area contributed by atoms with Gasteiger partial charge in [-0.3, -0.25) is 9.59 Å². The average molecular weight is 435 g/mol. The van der Waals surface area contributed by atoms with E-state index in [1.807, 2.05) is 6.07 Å². The van der Waals surface area contributed by atoms with Crippen molar-refractivity contribution in [1.29, 1.82) is 0 Å². The van der Waals surface area contributed by atoms with Gasteiger partial charge in [0, 0.05) is 21.2 Å². The van der Waals surface area contributed by atoms with Crippen molar-refractivity contribution in [2.45, 2.75) is 0 Å². The molecule has 0 aromatic heterocycles. The van der Waals surface area contributed by atoms with E-state index in [9.17, 15) is 9.59 Å². The summed E-state index contributed by atoms with van der Waals surface area (Å²) in [6, 6.07) is 18.1. The first-order chi connectivity index (χ1) is 13.4. The Morgan fingerprint density at radius 2 is 1.54 bits per heavy atom. The number of nitrogens with one attached hydrogen (secondary N) is 1. The number of hydrogen-bond donors (Lipinski definition) is 1. The van der Waals surface area contributed by atoms with Crippen molar-refractivity contribution in [2.75, 3.05) is 11.9 Å². The first-order valence-electron chi connectivity index (χ1n) is 8.21. The van der Waals surface area contributed by atoms with Crippen molar-refractivity contribution >= 4 is 52.2 Å². The number of halogens is 3. The molecule has 28 heavy (non-hydrogen) atoms. The molecule has 3 aromatic carbocycles. The Morgan fingerprint density at radius 3 is 2.25 bits per heavy atom. The van der Waals surface area contributed by atoms with E-state index in [4.69, 9.17) is 39.5 Å². The normalized spacial score (nSPS) is 10.4. The molecule has 0 unspecified atom stereocenters. The topological polar surface area (TPSA) is 55.4 Å². The molecule has 0 aliphatic carbocycles. The molecule has 7 heteroatoms. The second-order valence-electron chi connectivity index (χ2n) is 5.80. The van der Waals surface area contributed by atoms with Crippen molar-refractivity contribution in [2.24, 2.45) is 0 Å². The van der Waals surface area contributed by atoms with E-state index >= 15 is 0 Å². The fraction of sp³-hybridized carbons (Fsp3) is 0.0476. The van der Waals surface area contributed by atoms with E-state index in [2.05, 4.69) is 5.32 Å². The van der Waals surface area contributed by atoms with E-state index in [0.29, 0.717) is 32.1 Å². The predicted molar refractivity (Wildman–Crippen MR) is 112 cm³/mol. The number of rotatable bonds is 6. The second-order valence-corrected chi connectivity index (χ2v) is 7.08. The number of carbonyl (C=O) groups is 2. The molecule has 0 aliphatic heterocycles. The number of amides is 1. The van der Waals surface area contributed by atoms with Crippen molar-refractivity contribution in [3.8, 4) is 5.75 Å². The van der Waals surface area contributed by atoms with Gasteiger partial charge in [-0.2, -0.15) is 0 Å². The largest absolute Gasteiger partial charge is 0.482 e. The monoisotopic (exact) mass is 433 g/mol. The Labute approximate surface area is 177 Å². The van der Waals surface area contributed by atoms with Crippen molar-refractivity contribution in [1.82, 2.24) is 0 Å². The molecular formula is C21H14Cl3NO3. The van der Waals surface area contributed by atoms with Crippen LogP contribution < -0.4 is 10.1 Å². The molecule has 0 spiro atoms. The minimum absolute atomic E-state index is 0.250. The summed E-state index contributed by atoms with van der Waals surface area (Å²) in [5, 5.41) is 3.83. The quantitative estimate of drug-likeness (QED) is 0.492. The highest BCUT2D eigenvalue weighted by atomic mass is 35.5. The van der Waals surface area contributed by atoms with Crippen LogP contribution in [0.15, 0.2) is 66.7 Å².